The number of fused-ring (bicyclic) bond motifs is 1. The number of rotatable bonds is 4. The maximum atomic E-state index is 4.96. The zero-order chi connectivity index (χ0) is 16.5. The van der Waals surface area contributed by atoms with E-state index in [1.54, 1.807) is 0 Å². The van der Waals surface area contributed by atoms with E-state index in [9.17, 15) is 0 Å². The first-order valence-electron chi connectivity index (χ1n) is 8.57. The number of hydrogen-bond donors (Lipinski definition) is 3. The van der Waals surface area contributed by atoms with E-state index in [4.69, 9.17) is 4.98 Å². The molecule has 3 aromatic heterocycles. The largest absolute Gasteiger partial charge is 0.368 e. The van der Waals surface area contributed by atoms with Gasteiger partial charge in [0, 0.05) is 41.9 Å². The second kappa shape index (κ2) is 6.24. The van der Waals surface area contributed by atoms with Crippen LogP contribution in [0.2, 0.25) is 0 Å². The minimum atomic E-state index is 0.328. The summed E-state index contributed by atoms with van der Waals surface area (Å²) in [4.78, 5) is 4.96. The van der Waals surface area contributed by atoms with Crippen molar-refractivity contribution in [3.05, 3.63) is 30.4 Å². The summed E-state index contributed by atoms with van der Waals surface area (Å²) in [6.07, 6.45) is 7.92. The van der Waals surface area contributed by atoms with E-state index < -0.39 is 0 Å². The first-order chi connectivity index (χ1) is 11.7. The lowest BCUT2D eigenvalue weighted by molar-refractivity contribution is 0.455. The molecule has 0 saturated carbocycles. The number of nitrogens with one attached hydrogen (secondary N) is 3. The van der Waals surface area contributed by atoms with Gasteiger partial charge in [0.2, 0.25) is 0 Å². The summed E-state index contributed by atoms with van der Waals surface area (Å²) in [5.74, 6) is 1.44. The van der Waals surface area contributed by atoms with Gasteiger partial charge in [-0.2, -0.15) is 14.7 Å². The maximum absolute atomic E-state index is 4.96. The Morgan fingerprint density at radius 2 is 2.25 bits per heavy atom. The Balaban J connectivity index is 1.85. The van der Waals surface area contributed by atoms with Crippen molar-refractivity contribution in [2.24, 2.45) is 0 Å². The van der Waals surface area contributed by atoms with Gasteiger partial charge in [-0.3, -0.25) is 5.10 Å². The summed E-state index contributed by atoms with van der Waals surface area (Å²) in [5, 5.41) is 18.5. The lowest BCUT2D eigenvalue weighted by atomic mass is 9.96. The van der Waals surface area contributed by atoms with Gasteiger partial charge in [0.25, 0.3) is 0 Å². The van der Waals surface area contributed by atoms with Crippen molar-refractivity contribution >= 4 is 11.5 Å². The minimum absolute atomic E-state index is 0.328. The fraction of sp³-hybridized carbons (Fsp3) is 0.471. The number of piperidine rings is 1. The van der Waals surface area contributed by atoms with E-state index in [1.165, 1.54) is 12.8 Å². The summed E-state index contributed by atoms with van der Waals surface area (Å²) in [6.45, 7) is 6.35. The molecule has 0 radical (unpaired) electrons. The van der Waals surface area contributed by atoms with Gasteiger partial charge < -0.3 is 10.6 Å². The highest BCUT2D eigenvalue weighted by Crippen LogP contribution is 2.29. The normalized spacial score (nSPS) is 18.4. The maximum Gasteiger partial charge on any atom is 0.165 e. The Bertz CT molecular complexity index is 813. The molecule has 7 heteroatoms. The zero-order valence-electron chi connectivity index (χ0n) is 14.1. The topological polar surface area (TPSA) is 82.9 Å². The van der Waals surface area contributed by atoms with E-state index in [-0.39, 0.29) is 0 Å². The summed E-state index contributed by atoms with van der Waals surface area (Å²) in [6, 6.07) is 2.48. The summed E-state index contributed by atoms with van der Waals surface area (Å²) < 4.78 is 1.89. The summed E-state index contributed by atoms with van der Waals surface area (Å²) in [7, 11) is 0. The number of anilines is 1. The van der Waals surface area contributed by atoms with Crippen LogP contribution in [0.4, 0.5) is 5.82 Å². The predicted octanol–water partition coefficient (Wildman–Crippen LogP) is 2.41. The second-order valence-corrected chi connectivity index (χ2v) is 6.69. The van der Waals surface area contributed by atoms with Crippen LogP contribution in [0.5, 0.6) is 0 Å². The number of H-pyrrole nitrogens is 1. The number of nitrogens with zero attached hydrogens (tertiary/aromatic N) is 4. The Morgan fingerprint density at radius 1 is 1.33 bits per heavy atom. The molecule has 1 atom stereocenters. The van der Waals surface area contributed by atoms with Crippen molar-refractivity contribution in [1.82, 2.24) is 30.1 Å². The zero-order valence-corrected chi connectivity index (χ0v) is 14.1. The van der Waals surface area contributed by atoms with Crippen molar-refractivity contribution in [3.8, 4) is 11.1 Å². The number of aromatic amines is 1. The molecule has 3 aromatic rings. The van der Waals surface area contributed by atoms with Crippen molar-refractivity contribution in [3.63, 3.8) is 0 Å². The molecule has 4 heterocycles. The standard InChI is InChI=1S/C17H23N7/c1-11(2)22-16-6-15(12-4-3-5-18-7-12)23-17-14(10-21-24(16)17)13-8-19-20-9-13/h6,8-12,18,22H,3-5,7H2,1-2H3,(H,19,20). The first-order valence-corrected chi connectivity index (χ1v) is 8.57. The fourth-order valence-corrected chi connectivity index (χ4v) is 3.30. The van der Waals surface area contributed by atoms with Gasteiger partial charge >= 0.3 is 0 Å². The third-order valence-corrected chi connectivity index (χ3v) is 4.45. The van der Waals surface area contributed by atoms with Gasteiger partial charge in [0.15, 0.2) is 5.65 Å². The van der Waals surface area contributed by atoms with E-state index in [2.05, 4.69) is 45.8 Å². The molecule has 1 fully saturated rings. The van der Waals surface area contributed by atoms with E-state index in [0.29, 0.717) is 12.0 Å². The molecule has 24 heavy (non-hydrogen) atoms. The molecule has 4 rings (SSSR count). The lowest BCUT2D eigenvalue weighted by Gasteiger charge is -2.23. The quantitative estimate of drug-likeness (QED) is 0.686. The Kier molecular flexibility index (Phi) is 3.93. The molecule has 1 aliphatic heterocycles. The molecule has 126 valence electrons. The van der Waals surface area contributed by atoms with Crippen LogP contribution >= 0.6 is 0 Å². The summed E-state index contributed by atoms with van der Waals surface area (Å²) >= 11 is 0. The third kappa shape index (κ3) is 2.75. The van der Waals surface area contributed by atoms with Crippen molar-refractivity contribution in [2.75, 3.05) is 18.4 Å². The van der Waals surface area contributed by atoms with Gasteiger partial charge in [-0.15, -0.1) is 0 Å². The molecule has 1 unspecified atom stereocenters. The van der Waals surface area contributed by atoms with Crippen LogP contribution in [0.25, 0.3) is 16.8 Å². The van der Waals surface area contributed by atoms with Crippen LogP contribution in [0.3, 0.4) is 0 Å². The van der Waals surface area contributed by atoms with Crippen LogP contribution < -0.4 is 10.6 Å². The van der Waals surface area contributed by atoms with Crippen molar-refractivity contribution in [1.29, 1.82) is 0 Å². The van der Waals surface area contributed by atoms with Crippen LogP contribution in [0.1, 0.15) is 38.3 Å². The van der Waals surface area contributed by atoms with E-state index in [1.807, 2.05) is 23.1 Å². The average molecular weight is 325 g/mol. The molecule has 0 aliphatic carbocycles. The molecular weight excluding hydrogens is 302 g/mol. The molecule has 0 amide bonds. The Hall–Kier alpha value is -2.41. The molecule has 0 aromatic carbocycles. The Labute approximate surface area is 140 Å². The van der Waals surface area contributed by atoms with Gasteiger partial charge in [-0.25, -0.2) is 4.98 Å². The van der Waals surface area contributed by atoms with Crippen LogP contribution in [-0.4, -0.2) is 43.9 Å². The van der Waals surface area contributed by atoms with Crippen LogP contribution in [0, 0.1) is 0 Å². The highest BCUT2D eigenvalue weighted by molar-refractivity contribution is 5.77. The highest BCUT2D eigenvalue weighted by atomic mass is 15.3. The number of hydrogen-bond acceptors (Lipinski definition) is 5. The molecule has 7 nitrogen and oxygen atoms in total. The number of aromatic nitrogens is 5. The van der Waals surface area contributed by atoms with Gasteiger partial charge in [-0.05, 0) is 33.2 Å². The molecule has 0 bridgehead atoms. The SMILES string of the molecule is CC(C)Nc1cc(C2CCCNC2)nc2c(-c3cn[nH]c3)cnn12. The second-order valence-electron chi connectivity index (χ2n) is 6.69. The molecule has 3 N–H and O–H groups in total. The molecule has 1 aliphatic rings. The van der Waals surface area contributed by atoms with Crippen molar-refractivity contribution < 1.29 is 0 Å². The average Bonchev–Trinajstić information content (AvgIpc) is 3.24. The van der Waals surface area contributed by atoms with Gasteiger partial charge in [0.05, 0.1) is 18.1 Å². The predicted molar refractivity (Wildman–Crippen MR) is 94.2 cm³/mol. The van der Waals surface area contributed by atoms with E-state index >= 15 is 0 Å². The fourth-order valence-electron chi connectivity index (χ4n) is 3.30. The van der Waals surface area contributed by atoms with E-state index in [0.717, 1.165) is 41.4 Å². The highest BCUT2D eigenvalue weighted by Gasteiger charge is 2.21. The third-order valence-electron chi connectivity index (χ3n) is 4.45. The Morgan fingerprint density at radius 3 is 2.96 bits per heavy atom. The lowest BCUT2D eigenvalue weighted by Crippen LogP contribution is -2.29. The summed E-state index contributed by atoms with van der Waals surface area (Å²) in [5.41, 5.74) is 4.01. The molecule has 0 spiro atoms. The van der Waals surface area contributed by atoms with Crippen molar-refractivity contribution in [2.45, 2.75) is 38.6 Å². The van der Waals surface area contributed by atoms with Gasteiger partial charge in [0.1, 0.15) is 5.82 Å². The first kappa shape index (κ1) is 15.1. The van der Waals surface area contributed by atoms with Crippen LogP contribution in [0.15, 0.2) is 24.7 Å². The minimum Gasteiger partial charge on any atom is -0.368 e. The molecule has 1 saturated heterocycles. The molecular formula is C17H23N7. The van der Waals surface area contributed by atoms with Gasteiger partial charge in [-0.1, -0.05) is 0 Å². The monoisotopic (exact) mass is 325 g/mol. The van der Waals surface area contributed by atoms with Crippen LogP contribution in [-0.2, 0) is 0 Å². The smallest absolute Gasteiger partial charge is 0.165 e.